The fourth-order valence-corrected chi connectivity index (χ4v) is 2.29. The van der Waals surface area contributed by atoms with Crippen molar-refractivity contribution >= 4 is 11.8 Å². The molecule has 1 aromatic carbocycles. The van der Waals surface area contributed by atoms with Crippen LogP contribution in [0.3, 0.4) is 0 Å². The summed E-state index contributed by atoms with van der Waals surface area (Å²) >= 11 is 1.43. The Morgan fingerprint density at radius 3 is 2.94 bits per heavy atom. The van der Waals surface area contributed by atoms with Crippen molar-refractivity contribution in [1.82, 2.24) is 25.5 Å². The van der Waals surface area contributed by atoms with E-state index < -0.39 is 0 Å². The lowest BCUT2D eigenvalue weighted by molar-refractivity contribution is 0.618. The maximum atomic E-state index is 13.2. The Labute approximate surface area is 109 Å². The minimum absolute atomic E-state index is 0.233. The summed E-state index contributed by atoms with van der Waals surface area (Å²) in [6, 6.07) is 4.73. The van der Waals surface area contributed by atoms with Gasteiger partial charge in [0.25, 0.3) is 0 Å². The van der Waals surface area contributed by atoms with E-state index in [9.17, 15) is 4.39 Å². The molecule has 2 rings (SSSR count). The fourth-order valence-electron chi connectivity index (χ4n) is 1.45. The molecule has 1 heterocycles. The SMILES string of the molecule is CCNCc1cc(F)ccc1Sc1nnnn1C. The predicted molar refractivity (Wildman–Crippen MR) is 66.7 cm³/mol. The molecular formula is C11H14FN5S. The number of tetrazole rings is 1. The van der Waals surface area contributed by atoms with Crippen LogP contribution in [0, 0.1) is 5.82 Å². The molecule has 0 radical (unpaired) electrons. The van der Waals surface area contributed by atoms with E-state index in [-0.39, 0.29) is 5.82 Å². The maximum Gasteiger partial charge on any atom is 0.213 e. The predicted octanol–water partition coefficient (Wildman–Crippen LogP) is 1.61. The number of aromatic nitrogens is 4. The lowest BCUT2D eigenvalue weighted by atomic mass is 10.2. The third-order valence-corrected chi connectivity index (χ3v) is 3.52. The van der Waals surface area contributed by atoms with E-state index in [0.29, 0.717) is 11.7 Å². The van der Waals surface area contributed by atoms with Crippen molar-refractivity contribution in [3.63, 3.8) is 0 Å². The van der Waals surface area contributed by atoms with Gasteiger partial charge >= 0.3 is 0 Å². The van der Waals surface area contributed by atoms with E-state index in [4.69, 9.17) is 0 Å². The lowest BCUT2D eigenvalue weighted by Gasteiger charge is -2.08. The second-order valence-electron chi connectivity index (χ2n) is 3.72. The molecule has 7 heteroatoms. The summed E-state index contributed by atoms with van der Waals surface area (Å²) in [7, 11) is 1.77. The van der Waals surface area contributed by atoms with Crippen LogP contribution in [0.1, 0.15) is 12.5 Å². The molecule has 18 heavy (non-hydrogen) atoms. The molecule has 0 amide bonds. The average molecular weight is 267 g/mol. The molecule has 5 nitrogen and oxygen atoms in total. The molecule has 1 aromatic heterocycles. The molecule has 0 unspecified atom stereocenters. The Balaban J connectivity index is 2.23. The second kappa shape index (κ2) is 5.92. The molecule has 0 fully saturated rings. The minimum Gasteiger partial charge on any atom is -0.313 e. The van der Waals surface area contributed by atoms with Gasteiger partial charge in [-0.15, -0.1) is 5.10 Å². The Bertz CT molecular complexity index is 528. The van der Waals surface area contributed by atoms with Crippen LogP contribution in [0.25, 0.3) is 0 Å². The van der Waals surface area contributed by atoms with Crippen molar-refractivity contribution in [2.75, 3.05) is 6.54 Å². The molecule has 2 aromatic rings. The number of nitrogens with zero attached hydrogens (tertiary/aromatic N) is 4. The Morgan fingerprint density at radius 1 is 1.44 bits per heavy atom. The largest absolute Gasteiger partial charge is 0.313 e. The second-order valence-corrected chi connectivity index (χ2v) is 4.73. The van der Waals surface area contributed by atoms with Gasteiger partial charge in [-0.05, 0) is 52.5 Å². The minimum atomic E-state index is -0.233. The highest BCUT2D eigenvalue weighted by Gasteiger charge is 2.09. The van der Waals surface area contributed by atoms with Gasteiger partial charge < -0.3 is 5.32 Å². The van der Waals surface area contributed by atoms with E-state index in [1.807, 2.05) is 6.92 Å². The van der Waals surface area contributed by atoms with Crippen molar-refractivity contribution in [1.29, 1.82) is 0 Å². The van der Waals surface area contributed by atoms with Gasteiger partial charge in [-0.25, -0.2) is 9.07 Å². The molecular weight excluding hydrogens is 253 g/mol. The van der Waals surface area contributed by atoms with Crippen molar-refractivity contribution in [2.45, 2.75) is 23.5 Å². The van der Waals surface area contributed by atoms with E-state index in [1.54, 1.807) is 17.8 Å². The van der Waals surface area contributed by atoms with Gasteiger partial charge in [-0.1, -0.05) is 6.92 Å². The molecule has 0 atom stereocenters. The summed E-state index contributed by atoms with van der Waals surface area (Å²) in [6.45, 7) is 3.48. The number of hydrogen-bond acceptors (Lipinski definition) is 5. The highest BCUT2D eigenvalue weighted by atomic mass is 32.2. The van der Waals surface area contributed by atoms with Gasteiger partial charge in [0.15, 0.2) is 0 Å². The zero-order chi connectivity index (χ0) is 13.0. The summed E-state index contributed by atoms with van der Waals surface area (Å²) in [6.07, 6.45) is 0. The monoisotopic (exact) mass is 267 g/mol. The topological polar surface area (TPSA) is 55.6 Å². The first-order valence-corrected chi connectivity index (χ1v) is 6.41. The van der Waals surface area contributed by atoms with Crippen LogP contribution < -0.4 is 5.32 Å². The average Bonchev–Trinajstić information content (AvgIpc) is 2.75. The van der Waals surface area contributed by atoms with Crippen LogP contribution in [0.4, 0.5) is 4.39 Å². The van der Waals surface area contributed by atoms with Crippen LogP contribution in [0.5, 0.6) is 0 Å². The molecule has 0 aliphatic rings. The van der Waals surface area contributed by atoms with E-state index in [0.717, 1.165) is 17.0 Å². The van der Waals surface area contributed by atoms with Crippen LogP contribution in [-0.2, 0) is 13.6 Å². The van der Waals surface area contributed by atoms with Gasteiger partial charge in [0.2, 0.25) is 5.16 Å². The number of hydrogen-bond donors (Lipinski definition) is 1. The Kier molecular flexibility index (Phi) is 4.27. The first-order chi connectivity index (χ1) is 8.70. The summed E-state index contributed by atoms with van der Waals surface area (Å²) in [4.78, 5) is 0.954. The van der Waals surface area contributed by atoms with E-state index in [1.165, 1.54) is 23.9 Å². The number of rotatable bonds is 5. The smallest absolute Gasteiger partial charge is 0.213 e. The molecule has 0 saturated carbocycles. The van der Waals surface area contributed by atoms with Gasteiger partial charge in [0.1, 0.15) is 5.82 Å². The van der Waals surface area contributed by atoms with Gasteiger partial charge in [-0.2, -0.15) is 0 Å². The molecule has 96 valence electrons. The van der Waals surface area contributed by atoms with Crippen LogP contribution >= 0.6 is 11.8 Å². The molecule has 0 aliphatic carbocycles. The normalized spacial score (nSPS) is 10.8. The summed E-state index contributed by atoms with van der Waals surface area (Å²) < 4.78 is 14.8. The van der Waals surface area contributed by atoms with Crippen molar-refractivity contribution < 1.29 is 4.39 Å². The highest BCUT2D eigenvalue weighted by Crippen LogP contribution is 2.28. The number of aryl methyl sites for hydroxylation is 1. The van der Waals surface area contributed by atoms with E-state index >= 15 is 0 Å². The zero-order valence-electron chi connectivity index (χ0n) is 10.2. The standard InChI is InChI=1S/C11H14FN5S/c1-3-13-7-8-6-9(12)4-5-10(8)18-11-14-15-16-17(11)2/h4-6,13H,3,7H2,1-2H3. The van der Waals surface area contributed by atoms with Crippen molar-refractivity contribution in [3.05, 3.63) is 29.6 Å². The van der Waals surface area contributed by atoms with Crippen molar-refractivity contribution in [3.8, 4) is 0 Å². The summed E-state index contributed by atoms with van der Waals surface area (Å²) in [5.74, 6) is -0.233. The maximum absolute atomic E-state index is 13.2. The van der Waals surface area contributed by atoms with Crippen LogP contribution in [0.15, 0.2) is 28.3 Å². The zero-order valence-corrected chi connectivity index (χ0v) is 11.0. The highest BCUT2D eigenvalue weighted by molar-refractivity contribution is 7.99. The lowest BCUT2D eigenvalue weighted by Crippen LogP contribution is -2.12. The molecule has 0 aliphatic heterocycles. The number of benzene rings is 1. The third-order valence-electron chi connectivity index (χ3n) is 2.37. The molecule has 0 saturated heterocycles. The Hall–Kier alpha value is -1.47. The van der Waals surface area contributed by atoms with Crippen LogP contribution in [-0.4, -0.2) is 26.8 Å². The number of nitrogens with one attached hydrogen (secondary N) is 1. The Morgan fingerprint density at radius 2 is 2.28 bits per heavy atom. The van der Waals surface area contributed by atoms with Gasteiger partial charge in [0.05, 0.1) is 0 Å². The summed E-state index contributed by atoms with van der Waals surface area (Å²) in [5, 5.41) is 15.1. The fraction of sp³-hybridized carbons (Fsp3) is 0.364. The van der Waals surface area contributed by atoms with E-state index in [2.05, 4.69) is 20.8 Å². The van der Waals surface area contributed by atoms with Gasteiger partial charge in [0, 0.05) is 18.5 Å². The van der Waals surface area contributed by atoms with Crippen LogP contribution in [0.2, 0.25) is 0 Å². The molecule has 0 bridgehead atoms. The first-order valence-electron chi connectivity index (χ1n) is 5.60. The number of halogens is 1. The molecule has 1 N–H and O–H groups in total. The quantitative estimate of drug-likeness (QED) is 0.892. The van der Waals surface area contributed by atoms with Crippen molar-refractivity contribution in [2.24, 2.45) is 7.05 Å². The molecule has 0 spiro atoms. The first kappa shape index (κ1) is 13.0. The summed E-state index contributed by atoms with van der Waals surface area (Å²) in [5.41, 5.74) is 0.907. The van der Waals surface area contributed by atoms with Gasteiger partial charge in [-0.3, -0.25) is 0 Å². The third kappa shape index (κ3) is 3.05.